The van der Waals surface area contributed by atoms with E-state index in [-0.39, 0.29) is 23.9 Å². The van der Waals surface area contributed by atoms with Crippen LogP contribution in [-0.4, -0.2) is 35.2 Å². The molecule has 1 amide bonds. The maximum atomic E-state index is 11.3. The van der Waals surface area contributed by atoms with Crippen LogP contribution in [0.25, 0.3) is 0 Å². The highest BCUT2D eigenvalue weighted by molar-refractivity contribution is 5.98. The molecule has 1 fully saturated rings. The number of aliphatic hydroxyl groups is 1. The van der Waals surface area contributed by atoms with E-state index in [1.54, 1.807) is 6.07 Å². The first kappa shape index (κ1) is 13.6. The summed E-state index contributed by atoms with van der Waals surface area (Å²) in [6.45, 7) is 0.901. The molecular formula is C13H20N4O2. The molecule has 1 aliphatic heterocycles. The van der Waals surface area contributed by atoms with E-state index < -0.39 is 5.91 Å². The average Bonchev–Trinajstić information content (AvgIpc) is 2.64. The summed E-state index contributed by atoms with van der Waals surface area (Å²) < 4.78 is 0. The Hall–Kier alpha value is -1.82. The number of nitrogens with two attached hydrogens (primary N) is 2. The van der Waals surface area contributed by atoms with E-state index in [4.69, 9.17) is 11.5 Å². The third-order valence-electron chi connectivity index (χ3n) is 3.57. The number of pyridine rings is 1. The molecule has 1 aromatic heterocycles. The van der Waals surface area contributed by atoms with Gasteiger partial charge in [0.2, 0.25) is 0 Å². The molecule has 0 saturated carbocycles. The summed E-state index contributed by atoms with van der Waals surface area (Å²) in [6.07, 6.45) is 5.67. The Labute approximate surface area is 112 Å². The van der Waals surface area contributed by atoms with Gasteiger partial charge in [-0.05, 0) is 18.9 Å². The van der Waals surface area contributed by atoms with E-state index in [2.05, 4.69) is 4.98 Å². The highest BCUT2D eigenvalue weighted by Crippen LogP contribution is 2.24. The summed E-state index contributed by atoms with van der Waals surface area (Å²) in [5.74, 6) is 0.0977. The predicted molar refractivity (Wildman–Crippen MR) is 73.9 cm³/mol. The number of aliphatic hydroxyl groups excluding tert-OH is 1. The third-order valence-corrected chi connectivity index (χ3v) is 3.57. The number of carbonyl (C=O) groups excluding carboxylic acids is 1. The SMILES string of the molecule is NC(=O)c1cc(N2CCCCCC2CO)ncc1N. The van der Waals surface area contributed by atoms with Crippen LogP contribution in [0.15, 0.2) is 12.3 Å². The summed E-state index contributed by atoms with van der Waals surface area (Å²) in [5, 5.41) is 9.50. The summed E-state index contributed by atoms with van der Waals surface area (Å²) in [6, 6.07) is 1.66. The summed E-state index contributed by atoms with van der Waals surface area (Å²) in [7, 11) is 0. The van der Waals surface area contributed by atoms with E-state index >= 15 is 0 Å². The Balaban J connectivity index is 2.33. The fourth-order valence-electron chi connectivity index (χ4n) is 2.49. The van der Waals surface area contributed by atoms with Crippen molar-refractivity contribution in [2.75, 3.05) is 23.8 Å². The van der Waals surface area contributed by atoms with Crippen LogP contribution >= 0.6 is 0 Å². The number of hydrogen-bond acceptors (Lipinski definition) is 5. The molecule has 104 valence electrons. The number of carbonyl (C=O) groups is 1. The highest BCUT2D eigenvalue weighted by atomic mass is 16.3. The summed E-state index contributed by atoms with van der Waals surface area (Å²) >= 11 is 0. The van der Waals surface area contributed by atoms with Crippen LogP contribution in [0.4, 0.5) is 11.5 Å². The van der Waals surface area contributed by atoms with Crippen molar-refractivity contribution in [1.82, 2.24) is 4.98 Å². The fraction of sp³-hybridized carbons (Fsp3) is 0.538. The maximum absolute atomic E-state index is 11.3. The van der Waals surface area contributed by atoms with Crippen molar-refractivity contribution in [3.8, 4) is 0 Å². The Bertz CT molecular complexity index is 464. The summed E-state index contributed by atoms with van der Waals surface area (Å²) in [4.78, 5) is 17.6. The molecule has 1 saturated heterocycles. The second kappa shape index (κ2) is 5.88. The molecule has 19 heavy (non-hydrogen) atoms. The van der Waals surface area contributed by atoms with Crippen molar-refractivity contribution in [1.29, 1.82) is 0 Å². The molecule has 0 bridgehead atoms. The quantitative estimate of drug-likeness (QED) is 0.737. The van der Waals surface area contributed by atoms with E-state index in [9.17, 15) is 9.90 Å². The van der Waals surface area contributed by atoms with E-state index in [1.165, 1.54) is 6.20 Å². The van der Waals surface area contributed by atoms with Gasteiger partial charge in [-0.25, -0.2) is 4.98 Å². The molecule has 0 spiro atoms. The molecule has 1 unspecified atom stereocenters. The van der Waals surface area contributed by atoms with Gasteiger partial charge in [-0.1, -0.05) is 12.8 Å². The predicted octanol–water partition coefficient (Wildman–Crippen LogP) is 0.504. The standard InChI is InChI=1S/C13H20N4O2/c14-11-7-16-12(6-10(11)13(15)19)17-5-3-1-2-4-9(17)8-18/h6-7,9,18H,1-5,8,14H2,(H2,15,19). The third kappa shape index (κ3) is 2.96. The molecule has 1 aliphatic rings. The van der Waals surface area contributed by atoms with Gasteiger partial charge in [-0.15, -0.1) is 0 Å². The normalized spacial score (nSPS) is 20.1. The lowest BCUT2D eigenvalue weighted by Gasteiger charge is -2.30. The molecule has 2 rings (SSSR count). The monoisotopic (exact) mass is 264 g/mol. The maximum Gasteiger partial charge on any atom is 0.250 e. The second-order valence-electron chi connectivity index (χ2n) is 4.87. The van der Waals surface area contributed by atoms with Gasteiger partial charge in [0.1, 0.15) is 5.82 Å². The van der Waals surface area contributed by atoms with Gasteiger partial charge in [-0.2, -0.15) is 0 Å². The highest BCUT2D eigenvalue weighted by Gasteiger charge is 2.22. The number of nitrogens with zero attached hydrogens (tertiary/aromatic N) is 2. The van der Waals surface area contributed by atoms with Gasteiger partial charge >= 0.3 is 0 Å². The minimum atomic E-state index is -0.559. The Kier molecular flexibility index (Phi) is 4.21. The van der Waals surface area contributed by atoms with Gasteiger partial charge in [0.15, 0.2) is 0 Å². The minimum Gasteiger partial charge on any atom is -0.397 e. The lowest BCUT2D eigenvalue weighted by Crippen LogP contribution is -2.38. The van der Waals surface area contributed by atoms with Crippen LogP contribution in [0.5, 0.6) is 0 Å². The number of hydrogen-bond donors (Lipinski definition) is 3. The summed E-state index contributed by atoms with van der Waals surface area (Å²) in [5.41, 5.74) is 11.6. The molecule has 2 heterocycles. The molecule has 0 aliphatic carbocycles. The zero-order chi connectivity index (χ0) is 13.8. The van der Waals surface area contributed by atoms with Gasteiger partial charge < -0.3 is 21.5 Å². The van der Waals surface area contributed by atoms with Crippen LogP contribution < -0.4 is 16.4 Å². The van der Waals surface area contributed by atoms with Gasteiger partial charge in [0.25, 0.3) is 5.91 Å². The zero-order valence-electron chi connectivity index (χ0n) is 10.9. The molecule has 6 nitrogen and oxygen atoms in total. The number of amides is 1. The molecule has 6 heteroatoms. The zero-order valence-corrected chi connectivity index (χ0v) is 10.9. The molecular weight excluding hydrogens is 244 g/mol. The number of aromatic nitrogens is 1. The van der Waals surface area contributed by atoms with Crippen LogP contribution in [0.1, 0.15) is 36.0 Å². The smallest absolute Gasteiger partial charge is 0.250 e. The topological polar surface area (TPSA) is 105 Å². The minimum absolute atomic E-state index is 0.0411. The van der Waals surface area contributed by atoms with Gasteiger partial charge in [-0.3, -0.25) is 4.79 Å². The Morgan fingerprint density at radius 2 is 2.26 bits per heavy atom. The van der Waals surface area contributed by atoms with Crippen molar-refractivity contribution >= 4 is 17.4 Å². The van der Waals surface area contributed by atoms with E-state index in [0.717, 1.165) is 32.2 Å². The van der Waals surface area contributed by atoms with E-state index in [0.29, 0.717) is 5.82 Å². The van der Waals surface area contributed by atoms with Crippen molar-refractivity contribution < 1.29 is 9.90 Å². The number of primary amides is 1. The van der Waals surface area contributed by atoms with E-state index in [1.807, 2.05) is 4.90 Å². The largest absolute Gasteiger partial charge is 0.397 e. The number of anilines is 2. The molecule has 5 N–H and O–H groups in total. The van der Waals surface area contributed by atoms with Crippen LogP contribution in [0, 0.1) is 0 Å². The van der Waals surface area contributed by atoms with Gasteiger partial charge in [0.05, 0.1) is 30.1 Å². The first-order valence-electron chi connectivity index (χ1n) is 6.56. The number of nitrogen functional groups attached to an aromatic ring is 1. The van der Waals surface area contributed by atoms with Crippen LogP contribution in [0.2, 0.25) is 0 Å². The average molecular weight is 264 g/mol. The first-order chi connectivity index (χ1) is 9.13. The van der Waals surface area contributed by atoms with Crippen molar-refractivity contribution in [2.24, 2.45) is 5.73 Å². The molecule has 1 atom stereocenters. The number of rotatable bonds is 3. The lowest BCUT2D eigenvalue weighted by molar-refractivity contribution is 0.100. The molecule has 0 aromatic carbocycles. The Morgan fingerprint density at radius 1 is 1.47 bits per heavy atom. The van der Waals surface area contributed by atoms with Crippen LogP contribution in [-0.2, 0) is 0 Å². The Morgan fingerprint density at radius 3 is 2.95 bits per heavy atom. The fourth-order valence-corrected chi connectivity index (χ4v) is 2.49. The van der Waals surface area contributed by atoms with Crippen molar-refractivity contribution in [3.05, 3.63) is 17.8 Å². The van der Waals surface area contributed by atoms with Crippen LogP contribution in [0.3, 0.4) is 0 Å². The van der Waals surface area contributed by atoms with Crippen molar-refractivity contribution in [2.45, 2.75) is 31.7 Å². The lowest BCUT2D eigenvalue weighted by atomic mass is 10.1. The second-order valence-corrected chi connectivity index (χ2v) is 4.87. The first-order valence-corrected chi connectivity index (χ1v) is 6.56. The molecule has 1 aromatic rings. The van der Waals surface area contributed by atoms with Crippen molar-refractivity contribution in [3.63, 3.8) is 0 Å². The molecule has 0 radical (unpaired) electrons. The van der Waals surface area contributed by atoms with Gasteiger partial charge in [0, 0.05) is 6.54 Å².